The number of nitrogens with zero attached hydrogens (tertiary/aromatic N) is 2. The molecule has 1 aromatic heterocycles. The summed E-state index contributed by atoms with van der Waals surface area (Å²) in [4.78, 5) is 11.7. The number of aromatic nitrogens is 2. The van der Waals surface area contributed by atoms with E-state index in [2.05, 4.69) is 15.7 Å². The van der Waals surface area contributed by atoms with Crippen LogP contribution in [0.1, 0.15) is 18.4 Å². The van der Waals surface area contributed by atoms with Crippen molar-refractivity contribution in [3.05, 3.63) is 48.3 Å². The van der Waals surface area contributed by atoms with Crippen LogP contribution in [0.25, 0.3) is 5.69 Å². The molecular formula is C16H23ClN4O. The van der Waals surface area contributed by atoms with Crippen molar-refractivity contribution >= 4 is 18.3 Å². The number of halogens is 1. The molecular weight excluding hydrogens is 300 g/mol. The highest BCUT2D eigenvalue weighted by Crippen LogP contribution is 2.08. The van der Waals surface area contributed by atoms with Crippen LogP contribution in [-0.4, -0.2) is 35.8 Å². The van der Waals surface area contributed by atoms with Gasteiger partial charge in [-0.15, -0.1) is 12.4 Å². The van der Waals surface area contributed by atoms with Crippen LogP contribution < -0.4 is 10.6 Å². The van der Waals surface area contributed by atoms with E-state index in [1.807, 2.05) is 54.5 Å². The first-order chi connectivity index (χ1) is 10.3. The number of rotatable bonds is 8. The summed E-state index contributed by atoms with van der Waals surface area (Å²) in [5.74, 6) is 0.0959. The predicted molar refractivity (Wildman–Crippen MR) is 90.7 cm³/mol. The van der Waals surface area contributed by atoms with Gasteiger partial charge in [-0.05, 0) is 44.1 Å². The third kappa shape index (κ3) is 5.87. The summed E-state index contributed by atoms with van der Waals surface area (Å²) in [5.41, 5.74) is 2.10. The Labute approximate surface area is 137 Å². The Kier molecular flexibility index (Phi) is 8.25. The summed E-state index contributed by atoms with van der Waals surface area (Å²) >= 11 is 0. The third-order valence-electron chi connectivity index (χ3n) is 3.22. The Balaban J connectivity index is 0.00000242. The summed E-state index contributed by atoms with van der Waals surface area (Å²) in [7, 11) is 1.91. The molecule has 1 amide bonds. The maximum absolute atomic E-state index is 11.7. The zero-order valence-corrected chi connectivity index (χ0v) is 13.6. The number of hydrogen-bond donors (Lipinski definition) is 2. The average Bonchev–Trinajstić information content (AvgIpc) is 2.99. The molecule has 0 radical (unpaired) electrons. The standard InChI is InChI=1S/C16H22N4O.ClH/c1-17-10-5-11-18-16(21)9-8-14-12-19-20(13-14)15-6-3-2-4-7-15;/h2-4,6-7,12-13,17H,5,8-11H2,1H3,(H,18,21);1H. The zero-order chi connectivity index (χ0) is 14.9. The van der Waals surface area contributed by atoms with Crippen LogP contribution in [0, 0.1) is 0 Å². The average molecular weight is 323 g/mol. The second kappa shape index (κ2) is 9.97. The van der Waals surface area contributed by atoms with Gasteiger partial charge >= 0.3 is 0 Å². The number of para-hydroxylation sites is 1. The maximum atomic E-state index is 11.7. The molecule has 1 heterocycles. The van der Waals surface area contributed by atoms with Crippen LogP contribution in [0.4, 0.5) is 0 Å². The molecule has 6 heteroatoms. The van der Waals surface area contributed by atoms with Gasteiger partial charge in [0, 0.05) is 19.2 Å². The number of nitrogens with one attached hydrogen (secondary N) is 2. The van der Waals surface area contributed by atoms with Crippen molar-refractivity contribution in [3.8, 4) is 5.69 Å². The Morgan fingerprint density at radius 1 is 1.23 bits per heavy atom. The van der Waals surface area contributed by atoms with E-state index in [1.165, 1.54) is 0 Å². The molecule has 2 rings (SSSR count). The fraction of sp³-hybridized carbons (Fsp3) is 0.375. The van der Waals surface area contributed by atoms with Crippen molar-refractivity contribution in [2.24, 2.45) is 0 Å². The van der Waals surface area contributed by atoms with Gasteiger partial charge in [0.2, 0.25) is 5.91 Å². The number of aryl methyl sites for hydroxylation is 1. The van der Waals surface area contributed by atoms with Crippen molar-refractivity contribution in [3.63, 3.8) is 0 Å². The Morgan fingerprint density at radius 3 is 2.73 bits per heavy atom. The number of benzene rings is 1. The second-order valence-corrected chi connectivity index (χ2v) is 4.94. The summed E-state index contributed by atoms with van der Waals surface area (Å²) < 4.78 is 1.83. The van der Waals surface area contributed by atoms with Crippen LogP contribution in [0.3, 0.4) is 0 Å². The molecule has 0 aliphatic heterocycles. The molecule has 0 unspecified atom stereocenters. The van der Waals surface area contributed by atoms with E-state index in [-0.39, 0.29) is 18.3 Å². The Bertz CT molecular complexity index is 556. The van der Waals surface area contributed by atoms with Gasteiger partial charge in [0.05, 0.1) is 11.9 Å². The minimum Gasteiger partial charge on any atom is -0.356 e. The Morgan fingerprint density at radius 2 is 2.00 bits per heavy atom. The topological polar surface area (TPSA) is 58.9 Å². The molecule has 0 saturated carbocycles. The molecule has 5 nitrogen and oxygen atoms in total. The summed E-state index contributed by atoms with van der Waals surface area (Å²) in [6.45, 7) is 1.65. The van der Waals surface area contributed by atoms with Gasteiger partial charge < -0.3 is 10.6 Å². The van der Waals surface area contributed by atoms with E-state index >= 15 is 0 Å². The normalized spacial score (nSPS) is 10.0. The molecule has 22 heavy (non-hydrogen) atoms. The van der Waals surface area contributed by atoms with Gasteiger partial charge in [0.1, 0.15) is 0 Å². The smallest absolute Gasteiger partial charge is 0.220 e. The lowest BCUT2D eigenvalue weighted by molar-refractivity contribution is -0.121. The summed E-state index contributed by atoms with van der Waals surface area (Å²) in [5, 5.41) is 10.3. The summed E-state index contributed by atoms with van der Waals surface area (Å²) in [6.07, 6.45) is 5.96. The van der Waals surface area contributed by atoms with E-state index < -0.39 is 0 Å². The van der Waals surface area contributed by atoms with Crippen LogP contribution in [0.15, 0.2) is 42.7 Å². The SMILES string of the molecule is CNCCCNC(=O)CCc1cnn(-c2ccccc2)c1.Cl. The molecule has 0 fully saturated rings. The number of carbonyl (C=O) groups is 1. The molecule has 2 aromatic rings. The number of carbonyl (C=O) groups excluding carboxylic acids is 1. The molecule has 0 bridgehead atoms. The molecule has 0 aliphatic rings. The fourth-order valence-electron chi connectivity index (χ4n) is 2.05. The highest BCUT2D eigenvalue weighted by atomic mass is 35.5. The van der Waals surface area contributed by atoms with E-state index in [0.29, 0.717) is 12.8 Å². The highest BCUT2D eigenvalue weighted by Gasteiger charge is 2.04. The van der Waals surface area contributed by atoms with Crippen LogP contribution in [0.2, 0.25) is 0 Å². The molecule has 120 valence electrons. The van der Waals surface area contributed by atoms with Crippen molar-refractivity contribution in [2.45, 2.75) is 19.3 Å². The van der Waals surface area contributed by atoms with E-state index in [0.717, 1.165) is 30.8 Å². The van der Waals surface area contributed by atoms with Crippen molar-refractivity contribution < 1.29 is 4.79 Å². The minimum absolute atomic E-state index is 0. The number of hydrogen-bond acceptors (Lipinski definition) is 3. The molecule has 0 atom stereocenters. The van der Waals surface area contributed by atoms with E-state index in [9.17, 15) is 4.79 Å². The Hall–Kier alpha value is -1.85. The quantitative estimate of drug-likeness (QED) is 0.730. The van der Waals surface area contributed by atoms with Gasteiger partial charge in [0.25, 0.3) is 0 Å². The first-order valence-corrected chi connectivity index (χ1v) is 7.30. The highest BCUT2D eigenvalue weighted by molar-refractivity contribution is 5.85. The monoisotopic (exact) mass is 322 g/mol. The van der Waals surface area contributed by atoms with Gasteiger partial charge in [-0.25, -0.2) is 4.68 Å². The molecule has 2 N–H and O–H groups in total. The van der Waals surface area contributed by atoms with Gasteiger partial charge in [-0.2, -0.15) is 5.10 Å². The van der Waals surface area contributed by atoms with E-state index in [4.69, 9.17) is 0 Å². The third-order valence-corrected chi connectivity index (χ3v) is 3.22. The van der Waals surface area contributed by atoms with Gasteiger partial charge in [-0.1, -0.05) is 18.2 Å². The fourth-order valence-corrected chi connectivity index (χ4v) is 2.05. The molecule has 0 spiro atoms. The van der Waals surface area contributed by atoms with Crippen molar-refractivity contribution in [1.29, 1.82) is 0 Å². The van der Waals surface area contributed by atoms with Crippen LogP contribution in [0.5, 0.6) is 0 Å². The van der Waals surface area contributed by atoms with Crippen molar-refractivity contribution in [1.82, 2.24) is 20.4 Å². The zero-order valence-electron chi connectivity index (χ0n) is 12.8. The lowest BCUT2D eigenvalue weighted by Gasteiger charge is -2.04. The first kappa shape index (κ1) is 18.2. The first-order valence-electron chi connectivity index (χ1n) is 7.30. The maximum Gasteiger partial charge on any atom is 0.220 e. The predicted octanol–water partition coefficient (Wildman–Crippen LogP) is 1.95. The lowest BCUT2D eigenvalue weighted by atomic mass is 10.2. The minimum atomic E-state index is 0. The molecule has 0 aliphatic carbocycles. The largest absolute Gasteiger partial charge is 0.356 e. The summed E-state index contributed by atoms with van der Waals surface area (Å²) in [6, 6.07) is 9.95. The molecule has 0 saturated heterocycles. The van der Waals surface area contributed by atoms with Crippen LogP contribution >= 0.6 is 12.4 Å². The van der Waals surface area contributed by atoms with Gasteiger partial charge in [0.15, 0.2) is 0 Å². The van der Waals surface area contributed by atoms with Gasteiger partial charge in [-0.3, -0.25) is 4.79 Å². The number of amides is 1. The van der Waals surface area contributed by atoms with Crippen molar-refractivity contribution in [2.75, 3.05) is 20.1 Å². The lowest BCUT2D eigenvalue weighted by Crippen LogP contribution is -2.26. The van der Waals surface area contributed by atoms with E-state index in [1.54, 1.807) is 0 Å². The molecule has 1 aromatic carbocycles. The van der Waals surface area contributed by atoms with Crippen LogP contribution in [-0.2, 0) is 11.2 Å². The second-order valence-electron chi connectivity index (χ2n) is 4.94.